The molecule has 6 heteroatoms. The summed E-state index contributed by atoms with van der Waals surface area (Å²) in [5.41, 5.74) is 2.95. The summed E-state index contributed by atoms with van der Waals surface area (Å²) in [7, 11) is 1.99. The highest BCUT2D eigenvalue weighted by Gasteiger charge is 2.32. The van der Waals surface area contributed by atoms with Gasteiger partial charge in [-0.2, -0.15) is 0 Å². The van der Waals surface area contributed by atoms with E-state index in [0.717, 1.165) is 48.5 Å². The third-order valence-electron chi connectivity index (χ3n) is 5.70. The van der Waals surface area contributed by atoms with E-state index in [1.807, 2.05) is 60.5 Å². The predicted molar refractivity (Wildman–Crippen MR) is 113 cm³/mol. The van der Waals surface area contributed by atoms with Crippen LogP contribution in [-0.4, -0.2) is 49.5 Å². The molecule has 2 aromatic rings. The number of carbonyl (C=O) groups excluding carboxylic acids is 2. The van der Waals surface area contributed by atoms with Gasteiger partial charge in [0.1, 0.15) is 12.4 Å². The summed E-state index contributed by atoms with van der Waals surface area (Å²) in [5.74, 6) is 1.03. The van der Waals surface area contributed by atoms with Crippen LogP contribution in [0.1, 0.15) is 24.8 Å². The van der Waals surface area contributed by atoms with Crippen LogP contribution in [0.2, 0.25) is 0 Å². The van der Waals surface area contributed by atoms with E-state index in [9.17, 15) is 9.59 Å². The van der Waals surface area contributed by atoms with Crippen LogP contribution in [0, 0.1) is 0 Å². The van der Waals surface area contributed by atoms with Crippen LogP contribution in [0.3, 0.4) is 0 Å². The fraction of sp³-hybridized carbons (Fsp3) is 0.391. The lowest BCUT2D eigenvalue weighted by molar-refractivity contribution is -0.125. The molecule has 0 spiro atoms. The van der Waals surface area contributed by atoms with E-state index in [4.69, 9.17) is 4.74 Å². The topological polar surface area (TPSA) is 61.9 Å². The van der Waals surface area contributed by atoms with Gasteiger partial charge in [0.15, 0.2) is 0 Å². The van der Waals surface area contributed by atoms with Gasteiger partial charge in [-0.25, -0.2) is 0 Å². The van der Waals surface area contributed by atoms with Crippen molar-refractivity contribution in [2.45, 2.75) is 31.7 Å². The number of fused-ring (bicyclic) bond motifs is 1. The van der Waals surface area contributed by atoms with E-state index in [1.54, 1.807) is 0 Å². The zero-order valence-electron chi connectivity index (χ0n) is 16.8. The first-order chi connectivity index (χ1) is 14.1. The standard InChI is InChI=1S/C23H27N3O3/c1-25(21-8-5-13-26(23(21)28)18-6-3-2-4-7-18)14-15-29-19-10-11-20-17(16-19)9-12-22(27)24-20/h2-4,6-7,10-11,16,21H,5,8-9,12-15H2,1H3,(H,24,27). The summed E-state index contributed by atoms with van der Waals surface area (Å²) in [6.07, 6.45) is 3.12. The van der Waals surface area contributed by atoms with Gasteiger partial charge in [0, 0.05) is 30.9 Å². The lowest BCUT2D eigenvalue weighted by Gasteiger charge is -2.36. The molecule has 1 atom stereocenters. The molecule has 29 heavy (non-hydrogen) atoms. The Morgan fingerprint density at radius 3 is 2.79 bits per heavy atom. The van der Waals surface area contributed by atoms with E-state index in [1.165, 1.54) is 0 Å². The van der Waals surface area contributed by atoms with Gasteiger partial charge in [-0.1, -0.05) is 18.2 Å². The molecule has 152 valence electrons. The number of benzene rings is 2. The number of piperidine rings is 1. The van der Waals surface area contributed by atoms with Gasteiger partial charge in [-0.05, 0) is 62.2 Å². The first kappa shape index (κ1) is 19.5. The minimum atomic E-state index is -0.119. The van der Waals surface area contributed by atoms with Gasteiger partial charge >= 0.3 is 0 Å². The second kappa shape index (κ2) is 8.66. The molecule has 2 aromatic carbocycles. The Hall–Kier alpha value is -2.86. The molecule has 2 amide bonds. The Bertz CT molecular complexity index is 884. The summed E-state index contributed by atoms with van der Waals surface area (Å²) in [6, 6.07) is 15.5. The minimum absolute atomic E-state index is 0.0643. The molecule has 2 heterocycles. The average molecular weight is 393 g/mol. The van der Waals surface area contributed by atoms with Crippen molar-refractivity contribution in [2.24, 2.45) is 0 Å². The number of nitrogens with zero attached hydrogens (tertiary/aromatic N) is 2. The van der Waals surface area contributed by atoms with Gasteiger partial charge < -0.3 is 15.0 Å². The number of para-hydroxylation sites is 1. The van der Waals surface area contributed by atoms with E-state index in [-0.39, 0.29) is 17.9 Å². The van der Waals surface area contributed by atoms with Gasteiger partial charge in [0.25, 0.3) is 0 Å². The van der Waals surface area contributed by atoms with Crippen molar-refractivity contribution in [1.29, 1.82) is 0 Å². The van der Waals surface area contributed by atoms with Crippen LogP contribution >= 0.6 is 0 Å². The number of hydrogen-bond acceptors (Lipinski definition) is 4. The van der Waals surface area contributed by atoms with Crippen molar-refractivity contribution < 1.29 is 14.3 Å². The zero-order valence-corrected chi connectivity index (χ0v) is 16.8. The summed E-state index contributed by atoms with van der Waals surface area (Å²) in [5, 5.41) is 2.88. The van der Waals surface area contributed by atoms with Crippen LogP contribution in [0.4, 0.5) is 11.4 Å². The van der Waals surface area contributed by atoms with Crippen molar-refractivity contribution in [3.63, 3.8) is 0 Å². The van der Waals surface area contributed by atoms with Crippen LogP contribution < -0.4 is 15.0 Å². The summed E-state index contributed by atoms with van der Waals surface area (Å²) in [6.45, 7) is 1.96. The Morgan fingerprint density at radius 1 is 1.14 bits per heavy atom. The van der Waals surface area contributed by atoms with Gasteiger partial charge in [-0.15, -0.1) is 0 Å². The first-order valence-electron chi connectivity index (χ1n) is 10.2. The highest BCUT2D eigenvalue weighted by Crippen LogP contribution is 2.27. The van der Waals surface area contributed by atoms with Crippen molar-refractivity contribution in [2.75, 3.05) is 37.0 Å². The number of hydrogen-bond donors (Lipinski definition) is 1. The van der Waals surface area contributed by atoms with E-state index >= 15 is 0 Å². The maximum Gasteiger partial charge on any atom is 0.244 e. The molecule has 1 fully saturated rings. The van der Waals surface area contributed by atoms with Gasteiger partial charge in [0.2, 0.25) is 11.8 Å². The number of nitrogens with one attached hydrogen (secondary N) is 1. The number of carbonyl (C=O) groups is 2. The third-order valence-corrected chi connectivity index (χ3v) is 5.70. The Labute approximate surface area is 171 Å². The highest BCUT2D eigenvalue weighted by atomic mass is 16.5. The number of amides is 2. The number of anilines is 2. The Morgan fingerprint density at radius 2 is 1.97 bits per heavy atom. The minimum Gasteiger partial charge on any atom is -0.492 e. The maximum atomic E-state index is 13.0. The molecular formula is C23H27N3O3. The smallest absolute Gasteiger partial charge is 0.244 e. The summed E-state index contributed by atoms with van der Waals surface area (Å²) >= 11 is 0. The fourth-order valence-corrected chi connectivity index (χ4v) is 4.04. The molecule has 4 rings (SSSR count). The predicted octanol–water partition coefficient (Wildman–Crippen LogP) is 3.08. The quantitative estimate of drug-likeness (QED) is 0.819. The van der Waals surface area contributed by atoms with E-state index in [2.05, 4.69) is 10.2 Å². The number of ether oxygens (including phenoxy) is 1. The summed E-state index contributed by atoms with van der Waals surface area (Å²) in [4.78, 5) is 28.5. The Kier molecular flexibility index (Phi) is 5.81. The molecule has 6 nitrogen and oxygen atoms in total. The van der Waals surface area contributed by atoms with E-state index < -0.39 is 0 Å². The third kappa shape index (κ3) is 4.43. The lowest BCUT2D eigenvalue weighted by atomic mass is 10.0. The SMILES string of the molecule is CN(CCOc1ccc2c(c1)CCC(=O)N2)C1CCCN(c2ccccc2)C1=O. The van der Waals surface area contributed by atoms with Crippen molar-refractivity contribution in [3.05, 3.63) is 54.1 Å². The first-order valence-corrected chi connectivity index (χ1v) is 10.2. The van der Waals surface area contributed by atoms with Crippen LogP contribution in [0.15, 0.2) is 48.5 Å². The maximum absolute atomic E-state index is 13.0. The van der Waals surface area contributed by atoms with Crippen LogP contribution in [0.25, 0.3) is 0 Å². The molecule has 0 bridgehead atoms. The Balaban J connectivity index is 1.32. The van der Waals surface area contributed by atoms with Gasteiger partial charge in [-0.3, -0.25) is 14.5 Å². The molecule has 0 radical (unpaired) electrons. The molecule has 2 aliphatic rings. The monoisotopic (exact) mass is 393 g/mol. The molecule has 0 saturated carbocycles. The molecular weight excluding hydrogens is 366 g/mol. The zero-order chi connectivity index (χ0) is 20.2. The van der Waals surface area contributed by atoms with E-state index in [0.29, 0.717) is 19.6 Å². The van der Waals surface area contributed by atoms with Crippen molar-refractivity contribution >= 4 is 23.2 Å². The largest absolute Gasteiger partial charge is 0.492 e. The molecule has 0 aliphatic carbocycles. The summed E-state index contributed by atoms with van der Waals surface area (Å²) < 4.78 is 5.93. The van der Waals surface area contributed by atoms with Crippen molar-refractivity contribution in [1.82, 2.24) is 4.90 Å². The molecule has 2 aliphatic heterocycles. The second-order valence-corrected chi connectivity index (χ2v) is 7.68. The highest BCUT2D eigenvalue weighted by molar-refractivity contribution is 5.98. The average Bonchev–Trinajstić information content (AvgIpc) is 2.74. The number of aryl methyl sites for hydroxylation is 1. The van der Waals surface area contributed by atoms with Crippen LogP contribution in [0.5, 0.6) is 5.75 Å². The lowest BCUT2D eigenvalue weighted by Crippen LogP contribution is -2.52. The van der Waals surface area contributed by atoms with Crippen molar-refractivity contribution in [3.8, 4) is 5.75 Å². The number of likely N-dealkylation sites (N-methyl/N-ethyl adjacent to an activating group) is 1. The normalized spacial score (nSPS) is 19.1. The second-order valence-electron chi connectivity index (χ2n) is 7.68. The molecule has 0 aromatic heterocycles. The molecule has 1 saturated heterocycles. The van der Waals surface area contributed by atoms with Gasteiger partial charge in [0.05, 0.1) is 6.04 Å². The van der Waals surface area contributed by atoms with Crippen LogP contribution in [-0.2, 0) is 16.0 Å². The molecule has 1 N–H and O–H groups in total. The number of rotatable bonds is 6. The molecule has 1 unspecified atom stereocenters. The fourth-order valence-electron chi connectivity index (χ4n) is 4.04.